The number of likely N-dealkylation sites (tertiary alicyclic amines) is 1. The number of carbonyl (C=O) groups excluding carboxylic acids is 3. The summed E-state index contributed by atoms with van der Waals surface area (Å²) in [6.45, 7) is 7.64. The van der Waals surface area contributed by atoms with Gasteiger partial charge in [-0.15, -0.1) is 0 Å². The van der Waals surface area contributed by atoms with Gasteiger partial charge in [0.25, 0.3) is 0 Å². The first-order valence-corrected chi connectivity index (χ1v) is 13.3. The van der Waals surface area contributed by atoms with Crippen LogP contribution in [-0.4, -0.2) is 49.6 Å². The van der Waals surface area contributed by atoms with E-state index in [1.165, 1.54) is 0 Å². The van der Waals surface area contributed by atoms with E-state index in [0.717, 1.165) is 38.0 Å². The van der Waals surface area contributed by atoms with Crippen molar-refractivity contribution in [3.05, 3.63) is 90.5 Å². The highest BCUT2D eigenvalue weighted by Gasteiger charge is 2.53. The minimum Gasteiger partial charge on any atom is -0.462 e. The minimum absolute atomic E-state index is 0.0189. The number of carbonyl (C=O) groups is 3. The highest BCUT2D eigenvalue weighted by atomic mass is 16.5. The summed E-state index contributed by atoms with van der Waals surface area (Å²) in [6.07, 6.45) is 3.21. The normalized spacial score (nSPS) is 18.5. The smallest absolute Gasteiger partial charge is 0.380 e. The van der Waals surface area contributed by atoms with Gasteiger partial charge in [-0.1, -0.05) is 29.4 Å². The summed E-state index contributed by atoms with van der Waals surface area (Å²) in [5.41, 5.74) is 7.46. The van der Waals surface area contributed by atoms with E-state index in [9.17, 15) is 14.4 Å². The number of hydrogen-bond acceptors (Lipinski definition) is 5. The van der Waals surface area contributed by atoms with Crippen molar-refractivity contribution in [2.45, 2.75) is 26.2 Å². The summed E-state index contributed by atoms with van der Waals surface area (Å²) in [7, 11) is 1.78. The predicted octanol–water partition coefficient (Wildman–Crippen LogP) is 6.12. The molecule has 200 valence electrons. The van der Waals surface area contributed by atoms with Crippen LogP contribution in [0, 0.1) is 0 Å². The van der Waals surface area contributed by atoms with Gasteiger partial charge >= 0.3 is 17.9 Å². The molecule has 0 bridgehead atoms. The standard InChI is InChI=1S/C31H33N4O4/c1-4-39-30(37)23-13-18-27-22(2)29(36)35(28(27)21-23,26-11-7-5-8-12-26)32-24-14-16-25(17-15-24)33(3)31(38)34-19-9-6-10-20-34/h5,7-8,11-18,21,32H,2,4,6,9-10,19-20H2,1,3H3/q+1. The average molecular weight is 526 g/mol. The van der Waals surface area contributed by atoms with Gasteiger partial charge in [-0.3, -0.25) is 4.90 Å². The number of nitrogens with one attached hydrogen (secondary N) is 1. The Hall–Kier alpha value is -4.43. The van der Waals surface area contributed by atoms with E-state index in [2.05, 4.69) is 12.0 Å². The molecule has 1 N–H and O–H groups in total. The topological polar surface area (TPSA) is 79.0 Å². The zero-order valence-electron chi connectivity index (χ0n) is 22.4. The molecule has 8 heteroatoms. The van der Waals surface area contributed by atoms with Crippen molar-refractivity contribution < 1.29 is 19.1 Å². The van der Waals surface area contributed by atoms with Crippen molar-refractivity contribution >= 4 is 46.2 Å². The van der Waals surface area contributed by atoms with Gasteiger partial charge in [-0.2, -0.15) is 0 Å². The molecule has 0 spiro atoms. The summed E-state index contributed by atoms with van der Waals surface area (Å²) in [5, 5.41) is 0. The van der Waals surface area contributed by atoms with Crippen molar-refractivity contribution in [2.75, 3.05) is 37.1 Å². The van der Waals surface area contributed by atoms with Crippen LogP contribution in [0.2, 0.25) is 0 Å². The van der Waals surface area contributed by atoms with Crippen LogP contribution in [0.5, 0.6) is 0 Å². The number of rotatable bonds is 6. The third-order valence-corrected chi connectivity index (χ3v) is 7.37. The molecule has 2 aliphatic heterocycles. The number of amides is 3. The first kappa shape index (κ1) is 26.2. The summed E-state index contributed by atoms with van der Waals surface area (Å²) in [4.78, 5) is 43.1. The number of piperidine rings is 1. The van der Waals surface area contributed by atoms with Crippen molar-refractivity contribution in [1.82, 2.24) is 9.49 Å². The molecule has 39 heavy (non-hydrogen) atoms. The van der Waals surface area contributed by atoms with E-state index in [-0.39, 0.29) is 23.1 Å². The lowest BCUT2D eigenvalue weighted by molar-refractivity contribution is -0.120. The lowest BCUT2D eigenvalue weighted by Crippen LogP contribution is -2.51. The zero-order chi connectivity index (χ0) is 27.6. The fourth-order valence-corrected chi connectivity index (χ4v) is 5.28. The molecular weight excluding hydrogens is 492 g/mol. The first-order valence-electron chi connectivity index (χ1n) is 13.3. The summed E-state index contributed by atoms with van der Waals surface area (Å²) < 4.78 is 4.85. The van der Waals surface area contributed by atoms with E-state index >= 15 is 0 Å². The Morgan fingerprint density at radius 2 is 1.69 bits per heavy atom. The van der Waals surface area contributed by atoms with Gasteiger partial charge in [0.2, 0.25) is 0 Å². The maximum atomic E-state index is 14.0. The fourth-order valence-electron chi connectivity index (χ4n) is 5.28. The van der Waals surface area contributed by atoms with E-state index in [4.69, 9.17) is 4.74 Å². The largest absolute Gasteiger partial charge is 0.462 e. The quantitative estimate of drug-likeness (QED) is 0.238. The number of ether oxygens (including phenoxy) is 1. The Bertz CT molecular complexity index is 1410. The number of urea groups is 1. The molecule has 0 aliphatic carbocycles. The van der Waals surface area contributed by atoms with Crippen LogP contribution in [-0.2, 0) is 9.53 Å². The number of esters is 1. The second-order valence-corrected chi connectivity index (χ2v) is 9.79. The number of benzene rings is 3. The maximum Gasteiger partial charge on any atom is 0.380 e. The van der Waals surface area contributed by atoms with Crippen LogP contribution in [0.1, 0.15) is 42.1 Å². The number of anilines is 2. The molecule has 5 rings (SSSR count). The van der Waals surface area contributed by atoms with Crippen LogP contribution >= 0.6 is 0 Å². The Kier molecular flexibility index (Phi) is 7.21. The van der Waals surface area contributed by atoms with E-state index in [1.54, 1.807) is 37.1 Å². The van der Waals surface area contributed by atoms with Gasteiger partial charge in [0, 0.05) is 44.0 Å². The number of quaternary nitrogens is 1. The third kappa shape index (κ3) is 4.68. The Morgan fingerprint density at radius 3 is 2.36 bits per heavy atom. The SMILES string of the molecule is C=C1C(=O)[N+](Nc2ccc(N(C)C(=O)N3CCCCC3)cc2)(c2ccccc2)c2cc(C(=O)OCC)ccc21. The van der Waals surface area contributed by atoms with Crippen LogP contribution in [0.25, 0.3) is 5.57 Å². The summed E-state index contributed by atoms with van der Waals surface area (Å²) in [6, 6.07) is 21.8. The van der Waals surface area contributed by atoms with E-state index in [0.29, 0.717) is 33.8 Å². The van der Waals surface area contributed by atoms with E-state index in [1.807, 2.05) is 59.5 Å². The molecule has 3 aromatic rings. The second kappa shape index (κ2) is 10.7. The van der Waals surface area contributed by atoms with Crippen molar-refractivity contribution in [1.29, 1.82) is 0 Å². The molecule has 0 saturated carbocycles. The van der Waals surface area contributed by atoms with Crippen LogP contribution in [0.3, 0.4) is 0 Å². The molecule has 3 amide bonds. The molecule has 0 radical (unpaired) electrons. The minimum atomic E-state index is -0.456. The fraction of sp³-hybridized carbons (Fsp3) is 0.258. The molecular formula is C31H33N4O4+. The van der Waals surface area contributed by atoms with Crippen molar-refractivity contribution in [3.63, 3.8) is 0 Å². The second-order valence-electron chi connectivity index (χ2n) is 9.79. The van der Waals surface area contributed by atoms with Gasteiger partial charge < -0.3 is 9.64 Å². The lowest BCUT2D eigenvalue weighted by atomic mass is 10.1. The van der Waals surface area contributed by atoms with Crippen LogP contribution in [0.15, 0.2) is 79.4 Å². The maximum absolute atomic E-state index is 14.0. The first-order chi connectivity index (χ1) is 18.9. The zero-order valence-corrected chi connectivity index (χ0v) is 22.4. The number of fused-ring (bicyclic) bond motifs is 1. The summed E-state index contributed by atoms with van der Waals surface area (Å²) >= 11 is 0. The third-order valence-electron chi connectivity index (χ3n) is 7.37. The van der Waals surface area contributed by atoms with Gasteiger partial charge in [0.05, 0.1) is 29.0 Å². The molecule has 2 heterocycles. The molecule has 3 aromatic carbocycles. The molecule has 0 aromatic heterocycles. The predicted molar refractivity (Wildman–Crippen MR) is 154 cm³/mol. The molecule has 1 saturated heterocycles. The van der Waals surface area contributed by atoms with E-state index < -0.39 is 5.97 Å². The van der Waals surface area contributed by atoms with Gasteiger partial charge in [0.1, 0.15) is 0 Å². The Balaban J connectivity index is 1.52. The monoisotopic (exact) mass is 525 g/mol. The number of nitrogens with zero attached hydrogens (tertiary/aromatic N) is 3. The highest BCUT2D eigenvalue weighted by molar-refractivity contribution is 6.32. The Morgan fingerprint density at radius 1 is 1.00 bits per heavy atom. The molecule has 2 aliphatic rings. The number of hydrogen-bond donors (Lipinski definition) is 1. The van der Waals surface area contributed by atoms with Gasteiger partial charge in [0.15, 0.2) is 11.4 Å². The van der Waals surface area contributed by atoms with Gasteiger partial charge in [-0.05, 0) is 62.6 Å². The molecule has 1 unspecified atom stereocenters. The molecule has 1 atom stereocenters. The van der Waals surface area contributed by atoms with Crippen molar-refractivity contribution in [3.8, 4) is 0 Å². The van der Waals surface area contributed by atoms with Crippen LogP contribution < -0.4 is 14.9 Å². The van der Waals surface area contributed by atoms with Crippen LogP contribution in [0.4, 0.5) is 27.5 Å². The Labute approximate surface area is 228 Å². The van der Waals surface area contributed by atoms with Crippen molar-refractivity contribution in [2.24, 2.45) is 0 Å². The summed E-state index contributed by atoms with van der Waals surface area (Å²) in [5.74, 6) is -0.708. The average Bonchev–Trinajstić information content (AvgIpc) is 3.19. The molecule has 8 nitrogen and oxygen atoms in total. The molecule has 1 fully saturated rings. The highest BCUT2D eigenvalue weighted by Crippen LogP contribution is 2.48. The lowest BCUT2D eigenvalue weighted by Gasteiger charge is -2.32. The number of para-hydroxylation sites is 1. The van der Waals surface area contributed by atoms with Gasteiger partial charge in [-0.25, -0.2) is 19.8 Å².